The zero-order valence-electron chi connectivity index (χ0n) is 10.4. The van der Waals surface area contributed by atoms with Crippen LogP contribution in [0.1, 0.15) is 5.69 Å². The molecule has 0 amide bonds. The minimum Gasteiger partial charge on any atom is -0.442 e. The average Bonchev–Trinajstić information content (AvgIpc) is 3.13. The summed E-state index contributed by atoms with van der Waals surface area (Å²) >= 11 is 1.37. The number of pyridine rings is 1. The van der Waals surface area contributed by atoms with Crippen molar-refractivity contribution in [3.63, 3.8) is 0 Å². The molecular formula is C12H8N6OS. The number of aromatic nitrogens is 6. The second kappa shape index (κ2) is 4.20. The van der Waals surface area contributed by atoms with Crippen molar-refractivity contribution in [2.45, 2.75) is 6.92 Å². The van der Waals surface area contributed by atoms with Crippen LogP contribution < -0.4 is 0 Å². The first kappa shape index (κ1) is 11.2. The highest BCUT2D eigenvalue weighted by molar-refractivity contribution is 7.19. The molecule has 8 heteroatoms. The van der Waals surface area contributed by atoms with Crippen molar-refractivity contribution in [2.24, 2.45) is 0 Å². The van der Waals surface area contributed by atoms with Crippen molar-refractivity contribution in [1.29, 1.82) is 0 Å². The van der Waals surface area contributed by atoms with Gasteiger partial charge in [0.2, 0.25) is 15.8 Å². The van der Waals surface area contributed by atoms with E-state index in [4.69, 9.17) is 4.42 Å². The van der Waals surface area contributed by atoms with Gasteiger partial charge in [0.25, 0.3) is 5.89 Å². The van der Waals surface area contributed by atoms with Gasteiger partial charge < -0.3 is 4.42 Å². The Labute approximate surface area is 116 Å². The number of fused-ring (bicyclic) bond motifs is 1. The van der Waals surface area contributed by atoms with Crippen LogP contribution in [0, 0.1) is 6.92 Å². The lowest BCUT2D eigenvalue weighted by atomic mass is 10.3. The topological polar surface area (TPSA) is 82.0 Å². The molecule has 20 heavy (non-hydrogen) atoms. The molecule has 4 aromatic heterocycles. The van der Waals surface area contributed by atoms with Gasteiger partial charge in [-0.25, -0.2) is 4.98 Å². The van der Waals surface area contributed by atoms with Gasteiger partial charge in [0.05, 0.1) is 5.69 Å². The molecule has 0 atom stereocenters. The Balaban J connectivity index is 1.87. The van der Waals surface area contributed by atoms with Crippen molar-refractivity contribution < 1.29 is 4.42 Å². The lowest BCUT2D eigenvalue weighted by molar-refractivity contribution is 0.571. The van der Waals surface area contributed by atoms with Crippen LogP contribution in [0.15, 0.2) is 35.1 Å². The van der Waals surface area contributed by atoms with E-state index < -0.39 is 0 Å². The fourth-order valence-corrected chi connectivity index (χ4v) is 2.58. The van der Waals surface area contributed by atoms with E-state index in [0.717, 1.165) is 11.4 Å². The van der Waals surface area contributed by atoms with Crippen molar-refractivity contribution in [3.8, 4) is 22.4 Å². The van der Waals surface area contributed by atoms with Gasteiger partial charge in [-0.15, -0.1) is 15.3 Å². The summed E-state index contributed by atoms with van der Waals surface area (Å²) in [7, 11) is 0. The number of hydrogen-bond donors (Lipinski definition) is 0. The van der Waals surface area contributed by atoms with Crippen molar-refractivity contribution in [3.05, 3.63) is 36.4 Å². The standard InChI is InChI=1S/C12H8N6OS/c1-7-6-19-10(14-7)11-17-18-9(15-16-12(18)20-11)8-4-2-3-5-13-8/h2-6H,1H3. The average molecular weight is 284 g/mol. The zero-order chi connectivity index (χ0) is 13.5. The molecule has 4 aromatic rings. The molecule has 0 N–H and O–H groups in total. The highest BCUT2D eigenvalue weighted by Crippen LogP contribution is 2.26. The maximum Gasteiger partial charge on any atom is 0.258 e. The van der Waals surface area contributed by atoms with E-state index in [-0.39, 0.29) is 0 Å². The number of rotatable bonds is 2. The molecule has 0 saturated heterocycles. The van der Waals surface area contributed by atoms with Crippen LogP contribution >= 0.6 is 11.3 Å². The Morgan fingerprint density at radius 3 is 2.95 bits per heavy atom. The maximum absolute atomic E-state index is 5.35. The molecule has 0 aliphatic carbocycles. The summed E-state index contributed by atoms with van der Waals surface area (Å²) < 4.78 is 7.01. The van der Waals surface area contributed by atoms with Crippen LogP contribution in [0.25, 0.3) is 27.4 Å². The summed E-state index contributed by atoms with van der Waals surface area (Å²) in [4.78, 5) is 9.20. The predicted molar refractivity (Wildman–Crippen MR) is 72.1 cm³/mol. The first-order valence-corrected chi connectivity index (χ1v) is 6.69. The van der Waals surface area contributed by atoms with Crippen molar-refractivity contribution >= 4 is 16.3 Å². The molecular weight excluding hydrogens is 276 g/mol. The second-order valence-electron chi connectivity index (χ2n) is 4.13. The molecule has 0 spiro atoms. The van der Waals surface area contributed by atoms with Crippen LogP contribution in [-0.2, 0) is 0 Å². The molecule has 0 aliphatic rings. The van der Waals surface area contributed by atoms with Crippen LogP contribution in [-0.4, -0.2) is 29.8 Å². The third-order valence-electron chi connectivity index (χ3n) is 2.69. The number of nitrogens with zero attached hydrogens (tertiary/aromatic N) is 6. The fraction of sp³-hybridized carbons (Fsp3) is 0.0833. The summed E-state index contributed by atoms with van der Waals surface area (Å²) in [6, 6.07) is 5.61. The van der Waals surface area contributed by atoms with E-state index in [9.17, 15) is 0 Å². The van der Waals surface area contributed by atoms with Gasteiger partial charge in [-0.3, -0.25) is 4.98 Å². The smallest absolute Gasteiger partial charge is 0.258 e. The Morgan fingerprint density at radius 2 is 2.20 bits per heavy atom. The first-order valence-electron chi connectivity index (χ1n) is 5.87. The molecule has 0 radical (unpaired) electrons. The zero-order valence-corrected chi connectivity index (χ0v) is 11.2. The van der Waals surface area contributed by atoms with Gasteiger partial charge in [-0.2, -0.15) is 4.52 Å². The van der Waals surface area contributed by atoms with Gasteiger partial charge in [-0.05, 0) is 19.1 Å². The van der Waals surface area contributed by atoms with Gasteiger partial charge in [0.1, 0.15) is 12.0 Å². The van der Waals surface area contributed by atoms with Crippen LogP contribution in [0.2, 0.25) is 0 Å². The molecule has 0 aromatic carbocycles. The molecule has 7 nitrogen and oxygen atoms in total. The van der Waals surface area contributed by atoms with E-state index >= 15 is 0 Å². The predicted octanol–water partition coefficient (Wildman–Crippen LogP) is 2.21. The molecule has 0 aliphatic heterocycles. The van der Waals surface area contributed by atoms with Crippen LogP contribution in [0.4, 0.5) is 0 Å². The van der Waals surface area contributed by atoms with Gasteiger partial charge in [0, 0.05) is 6.20 Å². The minimum atomic E-state index is 0.491. The summed E-state index contributed by atoms with van der Waals surface area (Å²) in [6.07, 6.45) is 3.30. The van der Waals surface area contributed by atoms with Gasteiger partial charge in [0.15, 0.2) is 0 Å². The third-order valence-corrected chi connectivity index (χ3v) is 3.57. The summed E-state index contributed by atoms with van der Waals surface area (Å²) in [5.41, 5.74) is 1.54. The van der Waals surface area contributed by atoms with Crippen LogP contribution in [0.5, 0.6) is 0 Å². The Hall–Kier alpha value is -2.61. The molecule has 4 rings (SSSR count). The molecule has 0 bridgehead atoms. The highest BCUT2D eigenvalue weighted by atomic mass is 32.1. The maximum atomic E-state index is 5.35. The third kappa shape index (κ3) is 1.69. The Bertz CT molecular complexity index is 878. The minimum absolute atomic E-state index is 0.491. The fourth-order valence-electron chi connectivity index (χ4n) is 1.81. The molecule has 4 heterocycles. The lowest BCUT2D eigenvalue weighted by Gasteiger charge is -1.93. The monoisotopic (exact) mass is 284 g/mol. The molecule has 0 unspecified atom stereocenters. The quantitative estimate of drug-likeness (QED) is 0.561. The Kier molecular flexibility index (Phi) is 2.36. The van der Waals surface area contributed by atoms with E-state index in [0.29, 0.717) is 21.7 Å². The normalized spacial score (nSPS) is 11.2. The number of oxazole rings is 1. The van der Waals surface area contributed by atoms with E-state index in [1.807, 2.05) is 25.1 Å². The Morgan fingerprint density at radius 1 is 1.25 bits per heavy atom. The van der Waals surface area contributed by atoms with E-state index in [2.05, 4.69) is 25.3 Å². The SMILES string of the molecule is Cc1coc(-c2nn3c(-c4ccccn4)nnc3s2)n1. The largest absolute Gasteiger partial charge is 0.442 e. The summed E-state index contributed by atoms with van der Waals surface area (Å²) in [5.74, 6) is 1.09. The van der Waals surface area contributed by atoms with E-state index in [1.165, 1.54) is 11.3 Å². The summed E-state index contributed by atoms with van der Waals surface area (Å²) in [5, 5.41) is 13.3. The van der Waals surface area contributed by atoms with Gasteiger partial charge >= 0.3 is 0 Å². The summed E-state index contributed by atoms with van der Waals surface area (Å²) in [6.45, 7) is 1.87. The van der Waals surface area contributed by atoms with E-state index in [1.54, 1.807) is 17.0 Å². The molecule has 0 fully saturated rings. The van der Waals surface area contributed by atoms with Crippen molar-refractivity contribution in [2.75, 3.05) is 0 Å². The highest BCUT2D eigenvalue weighted by Gasteiger charge is 2.17. The lowest BCUT2D eigenvalue weighted by Crippen LogP contribution is -1.92. The number of hydrogen-bond acceptors (Lipinski definition) is 7. The molecule has 0 saturated carbocycles. The molecule has 98 valence electrons. The van der Waals surface area contributed by atoms with Crippen LogP contribution in [0.3, 0.4) is 0 Å². The first-order chi connectivity index (χ1) is 9.81. The second-order valence-corrected chi connectivity index (χ2v) is 5.09. The number of aryl methyl sites for hydroxylation is 1. The van der Waals surface area contributed by atoms with Crippen molar-refractivity contribution in [1.82, 2.24) is 29.8 Å². The van der Waals surface area contributed by atoms with Gasteiger partial charge in [-0.1, -0.05) is 17.4 Å².